The Labute approximate surface area is 199 Å². The van der Waals surface area contributed by atoms with Gasteiger partial charge in [0.25, 0.3) is 0 Å². The fourth-order valence-electron chi connectivity index (χ4n) is 4.56. The molecule has 3 atom stereocenters. The van der Waals surface area contributed by atoms with Crippen LogP contribution in [0.5, 0.6) is 11.5 Å². The average Bonchev–Trinajstić information content (AvgIpc) is 3.36. The Balaban J connectivity index is 1.52. The molecule has 1 fully saturated rings. The minimum atomic E-state index is -0.953. The number of hydrazone groups is 1. The Morgan fingerprint density at radius 1 is 1.15 bits per heavy atom. The summed E-state index contributed by atoms with van der Waals surface area (Å²) in [6.07, 6.45) is 15.4. The number of ether oxygens (including phenoxy) is 3. The number of hydrogen-bond donors (Lipinski definition) is 1. The quantitative estimate of drug-likeness (QED) is 0.469. The van der Waals surface area contributed by atoms with E-state index in [1.165, 1.54) is 0 Å². The van der Waals surface area contributed by atoms with Crippen LogP contribution in [0.4, 0.5) is 5.69 Å². The van der Waals surface area contributed by atoms with Crippen molar-refractivity contribution in [1.29, 1.82) is 0 Å². The third kappa shape index (κ3) is 4.35. The van der Waals surface area contributed by atoms with Crippen molar-refractivity contribution in [2.75, 3.05) is 33.2 Å². The number of nitrogens with one attached hydrogen (secondary N) is 1. The van der Waals surface area contributed by atoms with Crippen molar-refractivity contribution in [2.24, 2.45) is 16.4 Å². The van der Waals surface area contributed by atoms with E-state index < -0.39 is 11.5 Å². The zero-order valence-corrected chi connectivity index (χ0v) is 19.6. The van der Waals surface area contributed by atoms with Crippen LogP contribution in [0.15, 0.2) is 71.1 Å². The Kier molecular flexibility index (Phi) is 6.86. The molecule has 0 bridgehead atoms. The van der Waals surface area contributed by atoms with Crippen molar-refractivity contribution < 1.29 is 23.8 Å². The highest BCUT2D eigenvalue weighted by Crippen LogP contribution is 2.41. The summed E-state index contributed by atoms with van der Waals surface area (Å²) in [6.45, 7) is 0.631. The van der Waals surface area contributed by atoms with Gasteiger partial charge in [0.05, 0.1) is 26.7 Å². The Morgan fingerprint density at radius 3 is 2.71 bits per heavy atom. The molecule has 2 aliphatic carbocycles. The molecule has 0 radical (unpaired) electrons. The first-order valence-electron chi connectivity index (χ1n) is 11.2. The molecule has 3 unspecified atom stereocenters. The van der Waals surface area contributed by atoms with Gasteiger partial charge < -0.3 is 24.3 Å². The number of allylic oxidation sites excluding steroid dienone is 7. The Bertz CT molecular complexity index is 1100. The third-order valence-electron chi connectivity index (χ3n) is 6.40. The van der Waals surface area contributed by atoms with Gasteiger partial charge in [-0.05, 0) is 31.1 Å². The second-order valence-corrected chi connectivity index (χ2v) is 8.32. The van der Waals surface area contributed by atoms with E-state index in [1.54, 1.807) is 56.8 Å². The molecule has 8 heteroatoms. The molecule has 1 aromatic rings. The number of fused-ring (bicyclic) bond motifs is 1. The standard InChI is InChI=1S/C26H29N3O5/c1-32-22-12-13-26(17-30,20-8-5-4-7-19(20)22)16-27-29-14-6-9-21(29)25(31)28-18-10-11-23(33-2)24(15-18)34-3/h4-5,7-8,10-13,15-17,20-21H,6,9,14H2,1-3H3,(H,28,31)/b27-16+. The summed E-state index contributed by atoms with van der Waals surface area (Å²) in [7, 11) is 4.73. The van der Waals surface area contributed by atoms with Crippen LogP contribution in [0.25, 0.3) is 0 Å². The first-order chi connectivity index (χ1) is 16.5. The number of hydrogen-bond acceptors (Lipinski definition) is 7. The number of nitrogens with zero attached hydrogens (tertiary/aromatic N) is 2. The molecular formula is C26H29N3O5. The average molecular weight is 464 g/mol. The highest BCUT2D eigenvalue weighted by Gasteiger charge is 2.41. The van der Waals surface area contributed by atoms with E-state index in [2.05, 4.69) is 10.4 Å². The molecule has 1 amide bonds. The highest BCUT2D eigenvalue weighted by atomic mass is 16.5. The van der Waals surface area contributed by atoms with Crippen LogP contribution in [0.2, 0.25) is 0 Å². The lowest BCUT2D eigenvalue weighted by Crippen LogP contribution is -2.39. The van der Waals surface area contributed by atoms with Crippen molar-refractivity contribution in [3.63, 3.8) is 0 Å². The molecule has 8 nitrogen and oxygen atoms in total. The molecule has 0 saturated carbocycles. The molecule has 1 saturated heterocycles. The number of benzene rings is 1. The molecule has 1 N–H and O–H groups in total. The number of amides is 1. The van der Waals surface area contributed by atoms with Crippen molar-refractivity contribution in [3.8, 4) is 11.5 Å². The van der Waals surface area contributed by atoms with E-state index in [-0.39, 0.29) is 11.8 Å². The summed E-state index contributed by atoms with van der Waals surface area (Å²) < 4.78 is 16.1. The first kappa shape index (κ1) is 23.4. The number of anilines is 1. The molecule has 1 aliphatic heterocycles. The Hall–Kier alpha value is -3.81. The lowest BCUT2D eigenvalue weighted by Gasteiger charge is -2.35. The second kappa shape index (κ2) is 9.99. The van der Waals surface area contributed by atoms with Gasteiger partial charge in [-0.1, -0.05) is 30.4 Å². The number of rotatable bonds is 8. The van der Waals surface area contributed by atoms with Crippen molar-refractivity contribution in [2.45, 2.75) is 18.9 Å². The molecule has 1 aromatic carbocycles. The van der Waals surface area contributed by atoms with Gasteiger partial charge in [-0.2, -0.15) is 5.10 Å². The molecule has 0 spiro atoms. The Morgan fingerprint density at radius 2 is 1.97 bits per heavy atom. The molecule has 34 heavy (non-hydrogen) atoms. The number of carbonyl (C=O) groups is 2. The first-order valence-corrected chi connectivity index (χ1v) is 11.2. The fraction of sp³-hybridized carbons (Fsp3) is 0.346. The molecule has 4 rings (SSSR count). The van der Waals surface area contributed by atoms with Gasteiger partial charge >= 0.3 is 0 Å². The maximum Gasteiger partial charge on any atom is 0.248 e. The predicted molar refractivity (Wildman–Crippen MR) is 130 cm³/mol. The maximum absolute atomic E-state index is 13.1. The number of carbonyl (C=O) groups excluding carboxylic acids is 2. The van der Waals surface area contributed by atoms with E-state index in [9.17, 15) is 9.59 Å². The predicted octanol–water partition coefficient (Wildman–Crippen LogP) is 3.49. The summed E-state index contributed by atoms with van der Waals surface area (Å²) >= 11 is 0. The third-order valence-corrected chi connectivity index (χ3v) is 6.40. The second-order valence-electron chi connectivity index (χ2n) is 8.32. The van der Waals surface area contributed by atoms with Crippen molar-refractivity contribution in [1.82, 2.24) is 5.01 Å². The molecular weight excluding hydrogens is 434 g/mol. The molecule has 3 aliphatic rings. The maximum atomic E-state index is 13.1. The van der Waals surface area contributed by atoms with E-state index >= 15 is 0 Å². The SMILES string of the molecule is COC1=C2C=CC=CC2C(C=O)(/C=N/N2CCCC2C(=O)Nc2ccc(OC)c(OC)c2)C=C1. The van der Waals surface area contributed by atoms with Crippen LogP contribution in [-0.2, 0) is 14.3 Å². The molecule has 0 aromatic heterocycles. The van der Waals surface area contributed by atoms with Crippen LogP contribution >= 0.6 is 0 Å². The van der Waals surface area contributed by atoms with E-state index in [0.717, 1.165) is 24.0 Å². The monoisotopic (exact) mass is 463 g/mol. The summed E-state index contributed by atoms with van der Waals surface area (Å²) in [6, 6.07) is 4.79. The highest BCUT2D eigenvalue weighted by molar-refractivity contribution is 5.96. The lowest BCUT2D eigenvalue weighted by atomic mass is 9.69. The lowest BCUT2D eigenvalue weighted by molar-refractivity contribution is -0.120. The van der Waals surface area contributed by atoms with Crippen LogP contribution in [0, 0.1) is 11.3 Å². The van der Waals surface area contributed by atoms with E-state index in [0.29, 0.717) is 30.2 Å². The minimum Gasteiger partial charge on any atom is -0.496 e. The van der Waals surface area contributed by atoms with Gasteiger partial charge in [-0.3, -0.25) is 9.80 Å². The van der Waals surface area contributed by atoms with Gasteiger partial charge in [0.1, 0.15) is 18.1 Å². The summed E-state index contributed by atoms with van der Waals surface area (Å²) in [5, 5.41) is 9.33. The van der Waals surface area contributed by atoms with Crippen LogP contribution in [0.1, 0.15) is 12.8 Å². The van der Waals surface area contributed by atoms with E-state index in [4.69, 9.17) is 14.2 Å². The zero-order valence-electron chi connectivity index (χ0n) is 19.6. The van der Waals surface area contributed by atoms with Crippen molar-refractivity contribution in [3.05, 3.63) is 66.0 Å². The smallest absolute Gasteiger partial charge is 0.248 e. The van der Waals surface area contributed by atoms with Gasteiger partial charge in [0.15, 0.2) is 11.5 Å². The number of methoxy groups -OCH3 is 3. The van der Waals surface area contributed by atoms with Crippen LogP contribution in [0.3, 0.4) is 0 Å². The molecule has 178 valence electrons. The fourth-order valence-corrected chi connectivity index (χ4v) is 4.56. The normalized spacial score (nSPS) is 25.4. The minimum absolute atomic E-state index is 0.163. The van der Waals surface area contributed by atoms with Gasteiger partial charge in [-0.15, -0.1) is 0 Å². The van der Waals surface area contributed by atoms with Gasteiger partial charge in [0.2, 0.25) is 5.91 Å². The largest absolute Gasteiger partial charge is 0.496 e. The summed E-state index contributed by atoms with van der Waals surface area (Å²) in [5.74, 6) is 1.46. The van der Waals surface area contributed by atoms with E-state index in [1.807, 2.05) is 30.4 Å². The zero-order chi connectivity index (χ0) is 24.1. The van der Waals surface area contributed by atoms with Gasteiger partial charge in [0, 0.05) is 36.0 Å². The summed E-state index contributed by atoms with van der Waals surface area (Å²) in [5.41, 5.74) is 0.584. The molecule has 1 heterocycles. The number of aldehydes is 1. The summed E-state index contributed by atoms with van der Waals surface area (Å²) in [4.78, 5) is 25.4. The van der Waals surface area contributed by atoms with Gasteiger partial charge in [-0.25, -0.2) is 0 Å². The topological polar surface area (TPSA) is 89.5 Å². The van der Waals surface area contributed by atoms with Crippen LogP contribution in [-0.4, -0.2) is 57.3 Å². The van der Waals surface area contributed by atoms with Crippen molar-refractivity contribution >= 4 is 24.1 Å². The van der Waals surface area contributed by atoms with Crippen LogP contribution < -0.4 is 14.8 Å².